The van der Waals surface area contributed by atoms with E-state index in [0.717, 1.165) is 30.5 Å². The number of aryl methyl sites for hydroxylation is 1. The summed E-state index contributed by atoms with van der Waals surface area (Å²) in [5.74, 6) is 0. The molecule has 0 saturated heterocycles. The minimum absolute atomic E-state index is 0.374. The van der Waals surface area contributed by atoms with E-state index in [1.807, 2.05) is 6.92 Å². The summed E-state index contributed by atoms with van der Waals surface area (Å²) in [7, 11) is 0. The zero-order valence-electron chi connectivity index (χ0n) is 9.52. The molecule has 0 aliphatic heterocycles. The smallest absolute Gasteiger partial charge is 0.147 e. The topological polar surface area (TPSA) is 36.7 Å². The summed E-state index contributed by atoms with van der Waals surface area (Å²) in [6, 6.07) is 2.20. The molecule has 0 radical (unpaired) electrons. The molecule has 1 heterocycles. The summed E-state index contributed by atoms with van der Waals surface area (Å²) < 4.78 is 0. The Bertz CT molecular complexity index is 446. The first-order chi connectivity index (χ1) is 7.74. The van der Waals surface area contributed by atoms with Gasteiger partial charge in [0, 0.05) is 5.69 Å². The number of halogens is 1. The Morgan fingerprint density at radius 2 is 1.75 bits per heavy atom. The maximum absolute atomic E-state index is 9.15. The summed E-state index contributed by atoms with van der Waals surface area (Å²) in [4.78, 5) is 4.27. The Morgan fingerprint density at radius 3 is 2.38 bits per heavy atom. The molecule has 0 amide bonds. The molecule has 0 aromatic carbocycles. The molecule has 0 saturated carbocycles. The predicted octanol–water partition coefficient (Wildman–Crippen LogP) is 3.57. The Hall–Kier alpha value is -1.07. The molecule has 1 aromatic rings. The first-order valence-corrected chi connectivity index (χ1v) is 6.19. The van der Waals surface area contributed by atoms with E-state index in [1.54, 1.807) is 0 Å². The van der Waals surface area contributed by atoms with Crippen LogP contribution in [0.2, 0.25) is 5.15 Å². The van der Waals surface area contributed by atoms with Gasteiger partial charge in [-0.2, -0.15) is 5.26 Å². The van der Waals surface area contributed by atoms with Crippen molar-refractivity contribution in [3.8, 4) is 6.07 Å². The van der Waals surface area contributed by atoms with Crippen molar-refractivity contribution in [2.24, 2.45) is 0 Å². The van der Waals surface area contributed by atoms with E-state index in [2.05, 4.69) is 11.1 Å². The van der Waals surface area contributed by atoms with Gasteiger partial charge in [-0.3, -0.25) is 0 Å². The summed E-state index contributed by atoms with van der Waals surface area (Å²) in [5, 5.41) is 9.53. The van der Waals surface area contributed by atoms with Crippen LogP contribution in [0.3, 0.4) is 0 Å². The second-order valence-electron chi connectivity index (χ2n) is 4.35. The highest BCUT2D eigenvalue weighted by Gasteiger charge is 2.17. The normalized spacial score (nSPS) is 15.8. The number of pyridine rings is 1. The van der Waals surface area contributed by atoms with Crippen LogP contribution in [0.1, 0.15) is 48.1 Å². The van der Waals surface area contributed by atoms with Crippen molar-refractivity contribution in [3.63, 3.8) is 0 Å². The van der Waals surface area contributed by atoms with Crippen molar-refractivity contribution in [2.75, 3.05) is 0 Å². The number of aromatic nitrogens is 1. The summed E-state index contributed by atoms with van der Waals surface area (Å²) >= 11 is 6.03. The lowest BCUT2D eigenvalue weighted by atomic mass is 9.90. The van der Waals surface area contributed by atoms with E-state index >= 15 is 0 Å². The van der Waals surface area contributed by atoms with Gasteiger partial charge in [-0.05, 0) is 43.7 Å². The van der Waals surface area contributed by atoms with Gasteiger partial charge in [-0.15, -0.1) is 0 Å². The average Bonchev–Trinajstić information content (AvgIpc) is 2.20. The Labute approximate surface area is 101 Å². The molecule has 0 unspecified atom stereocenters. The van der Waals surface area contributed by atoms with Crippen LogP contribution in [0, 0.1) is 18.3 Å². The van der Waals surface area contributed by atoms with Gasteiger partial charge in [-0.25, -0.2) is 4.98 Å². The molecule has 2 rings (SSSR count). The van der Waals surface area contributed by atoms with Gasteiger partial charge >= 0.3 is 0 Å². The molecule has 3 heteroatoms. The van der Waals surface area contributed by atoms with Crippen LogP contribution in [-0.4, -0.2) is 4.98 Å². The van der Waals surface area contributed by atoms with Gasteiger partial charge in [0.25, 0.3) is 0 Å². The van der Waals surface area contributed by atoms with E-state index in [9.17, 15) is 0 Å². The van der Waals surface area contributed by atoms with Crippen molar-refractivity contribution < 1.29 is 0 Å². The molecule has 2 nitrogen and oxygen atoms in total. The Kier molecular flexibility index (Phi) is 3.46. The second kappa shape index (κ2) is 4.84. The molecule has 0 spiro atoms. The largest absolute Gasteiger partial charge is 0.240 e. The van der Waals surface area contributed by atoms with E-state index in [1.165, 1.54) is 24.8 Å². The van der Waals surface area contributed by atoms with Gasteiger partial charge in [0.1, 0.15) is 11.2 Å². The first kappa shape index (κ1) is 11.4. The van der Waals surface area contributed by atoms with Gasteiger partial charge in [0.2, 0.25) is 0 Å². The van der Waals surface area contributed by atoms with E-state index in [-0.39, 0.29) is 0 Å². The maximum Gasteiger partial charge on any atom is 0.147 e. The van der Waals surface area contributed by atoms with Crippen molar-refractivity contribution >= 4 is 11.6 Å². The van der Waals surface area contributed by atoms with Gasteiger partial charge in [-0.1, -0.05) is 24.4 Å². The maximum atomic E-state index is 9.15. The molecular weight excluding hydrogens is 220 g/mol. The zero-order valence-corrected chi connectivity index (χ0v) is 10.3. The lowest BCUT2D eigenvalue weighted by Crippen LogP contribution is -2.07. The van der Waals surface area contributed by atoms with Crippen LogP contribution in [0.15, 0.2) is 0 Å². The summed E-state index contributed by atoms with van der Waals surface area (Å²) in [5.41, 5.74) is 4.02. The summed E-state index contributed by atoms with van der Waals surface area (Å²) in [6.07, 6.45) is 6.90. The lowest BCUT2D eigenvalue weighted by molar-refractivity contribution is 0.612. The first-order valence-electron chi connectivity index (χ1n) is 5.82. The highest BCUT2D eigenvalue weighted by atomic mass is 35.5. The third-order valence-corrected chi connectivity index (χ3v) is 3.56. The van der Waals surface area contributed by atoms with Crippen LogP contribution < -0.4 is 0 Å². The van der Waals surface area contributed by atoms with Gasteiger partial charge < -0.3 is 0 Å². The van der Waals surface area contributed by atoms with Gasteiger partial charge in [0.15, 0.2) is 0 Å². The molecule has 1 aliphatic rings. The predicted molar refractivity (Wildman–Crippen MR) is 64.6 cm³/mol. The Morgan fingerprint density at radius 1 is 1.12 bits per heavy atom. The van der Waals surface area contributed by atoms with Crippen molar-refractivity contribution in [1.29, 1.82) is 5.26 Å². The number of fused-ring (bicyclic) bond motifs is 1. The van der Waals surface area contributed by atoms with E-state index in [4.69, 9.17) is 16.9 Å². The van der Waals surface area contributed by atoms with Crippen LogP contribution in [0.5, 0.6) is 0 Å². The summed E-state index contributed by atoms with van der Waals surface area (Å²) in [6.45, 7) is 1.99. The number of nitriles is 1. The molecule has 0 bridgehead atoms. The molecule has 0 N–H and O–H groups in total. The molecule has 16 heavy (non-hydrogen) atoms. The highest BCUT2D eigenvalue weighted by Crippen LogP contribution is 2.28. The lowest BCUT2D eigenvalue weighted by Gasteiger charge is -2.17. The molecular formula is C13H15ClN2. The van der Waals surface area contributed by atoms with E-state index < -0.39 is 0 Å². The van der Waals surface area contributed by atoms with Gasteiger partial charge in [0.05, 0.1) is 5.56 Å². The SMILES string of the molecule is Cc1nc(Cl)c(C#N)c2c1CCCCCC2. The minimum Gasteiger partial charge on any atom is -0.240 e. The van der Waals surface area contributed by atoms with E-state index in [0.29, 0.717) is 10.7 Å². The van der Waals surface area contributed by atoms with Crippen molar-refractivity contribution in [2.45, 2.75) is 45.4 Å². The van der Waals surface area contributed by atoms with Crippen LogP contribution in [0.25, 0.3) is 0 Å². The number of hydrogen-bond acceptors (Lipinski definition) is 2. The van der Waals surface area contributed by atoms with Crippen molar-refractivity contribution in [1.82, 2.24) is 4.98 Å². The third kappa shape index (κ3) is 2.05. The fourth-order valence-electron chi connectivity index (χ4n) is 2.44. The van der Waals surface area contributed by atoms with Crippen LogP contribution in [-0.2, 0) is 12.8 Å². The Balaban J connectivity index is 2.57. The minimum atomic E-state index is 0.374. The fourth-order valence-corrected chi connectivity index (χ4v) is 2.73. The quantitative estimate of drug-likeness (QED) is 0.644. The highest BCUT2D eigenvalue weighted by molar-refractivity contribution is 6.30. The zero-order chi connectivity index (χ0) is 11.5. The fraction of sp³-hybridized carbons (Fsp3) is 0.538. The standard InChI is InChI=1S/C13H15ClN2/c1-9-10-6-4-2-3-5-7-11(10)12(8-15)13(14)16-9/h2-7H2,1H3. The molecule has 84 valence electrons. The molecule has 0 fully saturated rings. The number of hydrogen-bond donors (Lipinski definition) is 0. The number of rotatable bonds is 0. The molecule has 0 atom stereocenters. The van der Waals surface area contributed by atoms with Crippen molar-refractivity contribution in [3.05, 3.63) is 27.5 Å². The van der Waals surface area contributed by atoms with Crippen LogP contribution in [0.4, 0.5) is 0 Å². The monoisotopic (exact) mass is 234 g/mol. The number of nitrogens with zero attached hydrogens (tertiary/aromatic N) is 2. The molecule has 1 aromatic heterocycles. The third-order valence-electron chi connectivity index (χ3n) is 3.29. The average molecular weight is 235 g/mol. The van der Waals surface area contributed by atoms with Crippen LogP contribution >= 0.6 is 11.6 Å². The second-order valence-corrected chi connectivity index (χ2v) is 4.70. The molecule has 1 aliphatic carbocycles.